The van der Waals surface area contributed by atoms with Gasteiger partial charge in [-0.1, -0.05) is 6.42 Å². The zero-order chi connectivity index (χ0) is 14.1. The molecule has 3 unspecified atom stereocenters. The molecule has 2 aliphatic carbocycles. The van der Waals surface area contributed by atoms with Crippen LogP contribution in [0.15, 0.2) is 18.2 Å². The summed E-state index contributed by atoms with van der Waals surface area (Å²) in [5, 5.41) is 10.8. The fraction of sp³-hybridized carbons (Fsp3) is 0.600. The van der Waals surface area contributed by atoms with Crippen molar-refractivity contribution in [1.29, 1.82) is 0 Å². The summed E-state index contributed by atoms with van der Waals surface area (Å²) in [5.41, 5.74) is 0.761. The van der Waals surface area contributed by atoms with E-state index in [1.54, 1.807) is 6.07 Å². The normalized spacial score (nSPS) is 27.8. The van der Waals surface area contributed by atoms with E-state index in [1.165, 1.54) is 37.8 Å². The summed E-state index contributed by atoms with van der Waals surface area (Å²) in [5.74, 6) is 3.28. The van der Waals surface area contributed by atoms with Crippen LogP contribution in [-0.4, -0.2) is 11.5 Å². The van der Waals surface area contributed by atoms with Crippen molar-refractivity contribution in [2.24, 2.45) is 17.8 Å². The maximum atomic E-state index is 10.8. The van der Waals surface area contributed by atoms with E-state index in [4.69, 9.17) is 16.3 Å². The third kappa shape index (κ3) is 2.62. The predicted octanol–water partition coefficient (Wildman–Crippen LogP) is 4.15. The Labute approximate surface area is 123 Å². The Morgan fingerprint density at radius 1 is 1.35 bits per heavy atom. The van der Waals surface area contributed by atoms with Crippen molar-refractivity contribution in [2.75, 3.05) is 6.61 Å². The summed E-state index contributed by atoms with van der Waals surface area (Å²) in [4.78, 5) is 10.3. The highest BCUT2D eigenvalue weighted by atomic mass is 35.5. The second kappa shape index (κ2) is 5.60. The van der Waals surface area contributed by atoms with Crippen LogP contribution in [-0.2, 0) is 5.88 Å². The zero-order valence-electron chi connectivity index (χ0n) is 11.3. The number of rotatable bonds is 5. The molecule has 1 aromatic rings. The first kappa shape index (κ1) is 13.7. The van der Waals surface area contributed by atoms with Gasteiger partial charge in [-0.2, -0.15) is 0 Å². The largest absolute Gasteiger partial charge is 0.493 e. The Morgan fingerprint density at radius 2 is 2.20 bits per heavy atom. The van der Waals surface area contributed by atoms with E-state index >= 15 is 0 Å². The molecule has 0 heterocycles. The number of hydrogen-bond acceptors (Lipinski definition) is 3. The van der Waals surface area contributed by atoms with Gasteiger partial charge in [-0.25, -0.2) is 0 Å². The first-order valence-corrected chi connectivity index (χ1v) is 7.67. The van der Waals surface area contributed by atoms with Crippen molar-refractivity contribution in [3.05, 3.63) is 33.9 Å². The predicted molar refractivity (Wildman–Crippen MR) is 77.1 cm³/mol. The molecule has 108 valence electrons. The molecule has 4 nitrogen and oxygen atoms in total. The molecule has 2 bridgehead atoms. The summed E-state index contributed by atoms with van der Waals surface area (Å²) >= 11 is 5.86. The van der Waals surface area contributed by atoms with Gasteiger partial charge in [-0.3, -0.25) is 10.1 Å². The minimum absolute atomic E-state index is 0.0629. The third-order valence-corrected chi connectivity index (χ3v) is 5.02. The highest BCUT2D eigenvalue weighted by molar-refractivity contribution is 6.17. The standard InChI is InChI=1S/C15H18ClNO3/c16-8-12-7-14(17(18)19)3-4-15(12)20-9-13-6-10-1-2-11(13)5-10/h3-4,7,10-11,13H,1-2,5-6,8-9H2. The van der Waals surface area contributed by atoms with Crippen molar-refractivity contribution >= 4 is 17.3 Å². The topological polar surface area (TPSA) is 52.4 Å². The van der Waals surface area contributed by atoms with Crippen molar-refractivity contribution in [3.8, 4) is 5.75 Å². The SMILES string of the molecule is O=[N+]([O-])c1ccc(OCC2CC3CCC2C3)c(CCl)c1. The fourth-order valence-electron chi connectivity index (χ4n) is 3.70. The maximum absolute atomic E-state index is 10.8. The van der Waals surface area contributed by atoms with Crippen LogP contribution in [0, 0.1) is 27.9 Å². The lowest BCUT2D eigenvalue weighted by molar-refractivity contribution is -0.384. The first-order valence-electron chi connectivity index (χ1n) is 7.13. The number of non-ortho nitro benzene ring substituents is 1. The van der Waals surface area contributed by atoms with Crippen LogP contribution in [0.4, 0.5) is 5.69 Å². The Kier molecular flexibility index (Phi) is 3.83. The minimum Gasteiger partial charge on any atom is -0.493 e. The van der Waals surface area contributed by atoms with Crippen LogP contribution in [0.1, 0.15) is 31.2 Å². The number of nitrogens with zero attached hydrogens (tertiary/aromatic N) is 1. The van der Waals surface area contributed by atoms with Crippen molar-refractivity contribution < 1.29 is 9.66 Å². The van der Waals surface area contributed by atoms with Gasteiger partial charge in [0.1, 0.15) is 5.75 Å². The molecule has 0 saturated heterocycles. The number of nitro benzene ring substituents is 1. The van der Waals surface area contributed by atoms with E-state index in [0.717, 1.165) is 11.8 Å². The van der Waals surface area contributed by atoms with Crippen LogP contribution in [0.3, 0.4) is 0 Å². The van der Waals surface area contributed by atoms with Gasteiger partial charge in [0.25, 0.3) is 5.69 Å². The Morgan fingerprint density at radius 3 is 2.80 bits per heavy atom. The Balaban J connectivity index is 1.66. The Bertz CT molecular complexity index is 520. The van der Waals surface area contributed by atoms with E-state index < -0.39 is 4.92 Å². The number of nitro groups is 1. The van der Waals surface area contributed by atoms with Crippen LogP contribution < -0.4 is 4.74 Å². The summed E-state index contributed by atoms with van der Waals surface area (Å²) in [6.07, 6.45) is 5.34. The smallest absolute Gasteiger partial charge is 0.270 e. The number of benzene rings is 1. The molecule has 0 amide bonds. The molecule has 2 fully saturated rings. The molecule has 0 spiro atoms. The maximum Gasteiger partial charge on any atom is 0.270 e. The van der Waals surface area contributed by atoms with Gasteiger partial charge in [0.05, 0.1) is 17.4 Å². The van der Waals surface area contributed by atoms with Gasteiger partial charge in [0.15, 0.2) is 0 Å². The monoisotopic (exact) mass is 295 g/mol. The van der Waals surface area contributed by atoms with Crippen molar-refractivity contribution in [1.82, 2.24) is 0 Å². The van der Waals surface area contributed by atoms with Crippen LogP contribution in [0.2, 0.25) is 0 Å². The minimum atomic E-state index is -0.407. The molecule has 3 rings (SSSR count). The quantitative estimate of drug-likeness (QED) is 0.466. The van der Waals surface area contributed by atoms with Crippen molar-refractivity contribution in [2.45, 2.75) is 31.6 Å². The molecule has 20 heavy (non-hydrogen) atoms. The van der Waals surface area contributed by atoms with Gasteiger partial charge < -0.3 is 4.74 Å². The molecule has 5 heteroatoms. The number of alkyl halides is 1. The fourth-order valence-corrected chi connectivity index (χ4v) is 3.91. The molecule has 0 N–H and O–H groups in total. The van der Waals surface area contributed by atoms with E-state index in [0.29, 0.717) is 23.8 Å². The molecule has 2 saturated carbocycles. The molecule has 0 aliphatic heterocycles. The van der Waals surface area contributed by atoms with Gasteiger partial charge >= 0.3 is 0 Å². The van der Waals surface area contributed by atoms with Gasteiger partial charge in [-0.15, -0.1) is 11.6 Å². The van der Waals surface area contributed by atoms with Crippen LogP contribution in [0.25, 0.3) is 0 Å². The first-order chi connectivity index (χ1) is 9.67. The summed E-state index contributed by atoms with van der Waals surface area (Å²) in [6, 6.07) is 4.65. The van der Waals surface area contributed by atoms with Crippen LogP contribution >= 0.6 is 11.6 Å². The summed E-state index contributed by atoms with van der Waals surface area (Å²) in [6.45, 7) is 0.711. The summed E-state index contributed by atoms with van der Waals surface area (Å²) in [7, 11) is 0. The molecule has 2 aliphatic rings. The molecule has 0 aromatic heterocycles. The lowest BCUT2D eigenvalue weighted by Crippen LogP contribution is -2.18. The van der Waals surface area contributed by atoms with E-state index in [-0.39, 0.29) is 11.6 Å². The second-order valence-electron chi connectivity index (χ2n) is 5.93. The molecular weight excluding hydrogens is 278 g/mol. The highest BCUT2D eigenvalue weighted by Crippen LogP contribution is 2.48. The number of hydrogen-bond donors (Lipinski definition) is 0. The van der Waals surface area contributed by atoms with E-state index in [9.17, 15) is 10.1 Å². The average molecular weight is 296 g/mol. The van der Waals surface area contributed by atoms with E-state index in [2.05, 4.69) is 0 Å². The molecular formula is C15H18ClNO3. The van der Waals surface area contributed by atoms with Gasteiger partial charge in [0.2, 0.25) is 0 Å². The third-order valence-electron chi connectivity index (χ3n) is 4.74. The zero-order valence-corrected chi connectivity index (χ0v) is 12.0. The van der Waals surface area contributed by atoms with E-state index in [1.807, 2.05) is 0 Å². The van der Waals surface area contributed by atoms with Crippen molar-refractivity contribution in [3.63, 3.8) is 0 Å². The lowest BCUT2D eigenvalue weighted by Gasteiger charge is -2.22. The molecule has 1 aromatic carbocycles. The highest BCUT2D eigenvalue weighted by Gasteiger charge is 2.39. The average Bonchev–Trinajstić information content (AvgIpc) is 3.07. The van der Waals surface area contributed by atoms with Gasteiger partial charge in [-0.05, 0) is 43.1 Å². The number of fused-ring (bicyclic) bond motifs is 2. The van der Waals surface area contributed by atoms with Crippen LogP contribution in [0.5, 0.6) is 5.75 Å². The second-order valence-corrected chi connectivity index (χ2v) is 6.20. The lowest BCUT2D eigenvalue weighted by atomic mass is 9.89. The number of ether oxygens (including phenoxy) is 1. The number of halogens is 1. The summed E-state index contributed by atoms with van der Waals surface area (Å²) < 4.78 is 5.89. The Hall–Kier alpha value is -1.29. The molecule has 3 atom stereocenters. The van der Waals surface area contributed by atoms with Gasteiger partial charge in [0, 0.05) is 17.7 Å². The molecule has 0 radical (unpaired) electrons.